The number of benzene rings is 1. The molecule has 0 aliphatic heterocycles. The van der Waals surface area contributed by atoms with Crippen LogP contribution in [0.1, 0.15) is 19.4 Å². The summed E-state index contributed by atoms with van der Waals surface area (Å²) >= 11 is 0. The van der Waals surface area contributed by atoms with E-state index in [1.165, 1.54) is 6.08 Å². The molecule has 0 atom stereocenters. The number of likely N-dealkylation sites (N-methyl/N-ethyl adjacent to an activating group) is 1. The number of para-hydroxylation sites is 1. The predicted octanol–water partition coefficient (Wildman–Crippen LogP) is 1.90. The van der Waals surface area contributed by atoms with E-state index < -0.39 is 5.91 Å². The van der Waals surface area contributed by atoms with Gasteiger partial charge in [-0.1, -0.05) is 18.2 Å². The second-order valence-electron chi connectivity index (χ2n) is 5.33. The van der Waals surface area contributed by atoms with Gasteiger partial charge >= 0.3 is 0 Å². The zero-order valence-electron chi connectivity index (χ0n) is 13.8. The summed E-state index contributed by atoms with van der Waals surface area (Å²) in [6, 6.07) is 9.34. The normalized spacial score (nSPS) is 11.3. The summed E-state index contributed by atoms with van der Waals surface area (Å²) in [6.45, 7) is 5.39. The third-order valence-electron chi connectivity index (χ3n) is 3.93. The lowest BCUT2D eigenvalue weighted by Crippen LogP contribution is -2.33. The van der Waals surface area contributed by atoms with E-state index in [2.05, 4.69) is 0 Å². The first-order valence-corrected chi connectivity index (χ1v) is 7.79. The van der Waals surface area contributed by atoms with Gasteiger partial charge in [0.2, 0.25) is 5.91 Å². The van der Waals surface area contributed by atoms with Crippen molar-refractivity contribution in [2.24, 2.45) is 5.73 Å². The third kappa shape index (κ3) is 3.46. The Hall–Kier alpha value is -3.07. The molecule has 2 rings (SSSR count). The van der Waals surface area contributed by atoms with E-state index in [4.69, 9.17) is 11.0 Å². The largest absolute Gasteiger partial charge is 0.365 e. The lowest BCUT2D eigenvalue weighted by atomic mass is 10.1. The van der Waals surface area contributed by atoms with E-state index in [0.29, 0.717) is 18.7 Å². The molecule has 0 radical (unpaired) electrons. The number of carbonyl (C=O) groups excluding carboxylic acids is 2. The van der Waals surface area contributed by atoms with E-state index in [9.17, 15) is 9.59 Å². The van der Waals surface area contributed by atoms with Crippen LogP contribution in [-0.2, 0) is 16.1 Å². The van der Waals surface area contributed by atoms with E-state index in [1.54, 1.807) is 17.2 Å². The van der Waals surface area contributed by atoms with Gasteiger partial charge in [0.15, 0.2) is 0 Å². The molecule has 1 aromatic heterocycles. The molecule has 1 aromatic carbocycles. The van der Waals surface area contributed by atoms with Crippen LogP contribution in [0.4, 0.5) is 0 Å². The number of primary amides is 1. The SMILES string of the molecule is CCN(CC)C(=O)Cn1cc(/C=C(\C#N)C(N)=O)c2ccccc21. The Morgan fingerprint density at radius 3 is 2.54 bits per heavy atom. The van der Waals surface area contributed by atoms with Gasteiger partial charge in [-0.3, -0.25) is 9.59 Å². The van der Waals surface area contributed by atoms with Gasteiger partial charge < -0.3 is 15.2 Å². The first-order chi connectivity index (χ1) is 11.5. The van der Waals surface area contributed by atoms with Gasteiger partial charge in [0.05, 0.1) is 0 Å². The highest BCUT2D eigenvalue weighted by Gasteiger charge is 2.14. The second kappa shape index (κ2) is 7.47. The van der Waals surface area contributed by atoms with Gasteiger partial charge in [0.25, 0.3) is 5.91 Å². The molecule has 0 saturated carbocycles. The van der Waals surface area contributed by atoms with Gasteiger partial charge in [-0.2, -0.15) is 5.26 Å². The predicted molar refractivity (Wildman–Crippen MR) is 92.7 cm³/mol. The Labute approximate surface area is 140 Å². The number of aromatic nitrogens is 1. The quantitative estimate of drug-likeness (QED) is 0.650. The summed E-state index contributed by atoms with van der Waals surface area (Å²) in [4.78, 5) is 25.4. The lowest BCUT2D eigenvalue weighted by molar-refractivity contribution is -0.131. The minimum Gasteiger partial charge on any atom is -0.365 e. The maximum atomic E-state index is 12.4. The zero-order valence-corrected chi connectivity index (χ0v) is 13.8. The van der Waals surface area contributed by atoms with E-state index in [-0.39, 0.29) is 18.0 Å². The molecule has 6 nitrogen and oxygen atoms in total. The Kier molecular flexibility index (Phi) is 5.38. The third-order valence-corrected chi connectivity index (χ3v) is 3.93. The lowest BCUT2D eigenvalue weighted by Gasteiger charge is -2.19. The van der Waals surface area contributed by atoms with Crippen LogP contribution in [0.5, 0.6) is 0 Å². The topological polar surface area (TPSA) is 92.1 Å². The van der Waals surface area contributed by atoms with Crippen molar-refractivity contribution in [3.8, 4) is 6.07 Å². The van der Waals surface area contributed by atoms with Crippen molar-refractivity contribution in [3.05, 3.63) is 41.6 Å². The molecule has 0 spiro atoms. The highest BCUT2D eigenvalue weighted by Crippen LogP contribution is 2.23. The van der Waals surface area contributed by atoms with Crippen LogP contribution in [0, 0.1) is 11.3 Å². The number of fused-ring (bicyclic) bond motifs is 1. The highest BCUT2D eigenvalue weighted by molar-refractivity contribution is 6.03. The van der Waals surface area contributed by atoms with Crippen LogP contribution in [0.25, 0.3) is 17.0 Å². The fourth-order valence-electron chi connectivity index (χ4n) is 2.66. The summed E-state index contributed by atoms with van der Waals surface area (Å²) < 4.78 is 1.83. The number of amides is 2. The summed E-state index contributed by atoms with van der Waals surface area (Å²) in [6.07, 6.45) is 3.23. The van der Waals surface area contributed by atoms with E-state index in [1.807, 2.05) is 42.7 Å². The van der Waals surface area contributed by atoms with Crippen molar-refractivity contribution < 1.29 is 9.59 Å². The maximum absolute atomic E-state index is 12.4. The van der Waals surface area contributed by atoms with Crippen molar-refractivity contribution in [1.82, 2.24) is 9.47 Å². The van der Waals surface area contributed by atoms with Crippen molar-refractivity contribution in [1.29, 1.82) is 5.26 Å². The number of hydrogen-bond donors (Lipinski definition) is 1. The summed E-state index contributed by atoms with van der Waals surface area (Å²) in [5, 5.41) is 9.89. The molecule has 124 valence electrons. The first-order valence-electron chi connectivity index (χ1n) is 7.79. The fourth-order valence-corrected chi connectivity index (χ4v) is 2.66. The molecule has 0 bridgehead atoms. The molecule has 0 unspecified atom stereocenters. The van der Waals surface area contributed by atoms with Gasteiger partial charge in [0, 0.05) is 35.8 Å². The van der Waals surface area contributed by atoms with Crippen LogP contribution >= 0.6 is 0 Å². The molecule has 0 aliphatic rings. The Balaban J connectivity index is 2.48. The maximum Gasteiger partial charge on any atom is 0.259 e. The van der Waals surface area contributed by atoms with E-state index >= 15 is 0 Å². The van der Waals surface area contributed by atoms with Crippen molar-refractivity contribution in [2.45, 2.75) is 20.4 Å². The van der Waals surface area contributed by atoms with E-state index in [0.717, 1.165) is 10.9 Å². The highest BCUT2D eigenvalue weighted by atomic mass is 16.2. The van der Waals surface area contributed by atoms with Gasteiger partial charge in [-0.25, -0.2) is 0 Å². The van der Waals surface area contributed by atoms with Crippen LogP contribution in [0.2, 0.25) is 0 Å². The van der Waals surface area contributed by atoms with Gasteiger partial charge in [-0.05, 0) is 26.0 Å². The minimum atomic E-state index is -0.770. The molecule has 2 amide bonds. The number of hydrogen-bond acceptors (Lipinski definition) is 3. The van der Waals surface area contributed by atoms with Gasteiger partial charge in [0.1, 0.15) is 18.2 Å². The second-order valence-corrected chi connectivity index (χ2v) is 5.33. The molecule has 6 heteroatoms. The first kappa shape index (κ1) is 17.3. The molecule has 2 N–H and O–H groups in total. The van der Waals surface area contributed by atoms with Crippen LogP contribution in [0.3, 0.4) is 0 Å². The number of nitrogens with zero attached hydrogens (tertiary/aromatic N) is 3. The fraction of sp³-hybridized carbons (Fsp3) is 0.278. The minimum absolute atomic E-state index is 0.0201. The zero-order chi connectivity index (χ0) is 17.7. The van der Waals surface area contributed by atoms with Crippen LogP contribution in [0.15, 0.2) is 36.0 Å². The number of rotatable bonds is 6. The molecular weight excluding hydrogens is 304 g/mol. The molecule has 2 aromatic rings. The Morgan fingerprint density at radius 2 is 1.96 bits per heavy atom. The number of carbonyl (C=O) groups is 2. The molecular formula is C18H20N4O2. The molecule has 0 saturated heterocycles. The summed E-state index contributed by atoms with van der Waals surface area (Å²) in [5.41, 5.74) is 6.64. The average Bonchev–Trinajstić information content (AvgIpc) is 2.91. The molecule has 0 aliphatic carbocycles. The molecule has 24 heavy (non-hydrogen) atoms. The Bertz CT molecular complexity index is 838. The summed E-state index contributed by atoms with van der Waals surface area (Å²) in [5.74, 6) is -0.750. The van der Waals surface area contributed by atoms with Crippen molar-refractivity contribution in [2.75, 3.05) is 13.1 Å². The Morgan fingerprint density at radius 1 is 1.29 bits per heavy atom. The monoisotopic (exact) mass is 324 g/mol. The standard InChI is InChI=1S/C18H20N4O2/c1-3-21(4-2)17(23)12-22-11-14(9-13(10-19)18(20)24)15-7-5-6-8-16(15)22/h5-9,11H,3-4,12H2,1-2H3,(H2,20,24)/b13-9+. The van der Waals surface area contributed by atoms with Crippen LogP contribution < -0.4 is 5.73 Å². The van der Waals surface area contributed by atoms with Crippen molar-refractivity contribution in [3.63, 3.8) is 0 Å². The molecule has 0 fully saturated rings. The smallest absolute Gasteiger partial charge is 0.259 e. The van der Waals surface area contributed by atoms with Crippen molar-refractivity contribution >= 4 is 28.8 Å². The summed E-state index contributed by atoms with van der Waals surface area (Å²) in [7, 11) is 0. The van der Waals surface area contributed by atoms with Gasteiger partial charge in [-0.15, -0.1) is 0 Å². The number of nitrogens with two attached hydrogens (primary N) is 1. The average molecular weight is 324 g/mol. The number of nitriles is 1. The molecule has 1 heterocycles. The van der Waals surface area contributed by atoms with Crippen LogP contribution in [-0.4, -0.2) is 34.4 Å².